The van der Waals surface area contributed by atoms with Crippen LogP contribution in [0, 0.1) is 17.3 Å². The first kappa shape index (κ1) is 13.3. The number of Topliss-reactive ketones (excluding diaryl/α,β-unsaturated/α-hetero) is 1. The van der Waals surface area contributed by atoms with E-state index in [1.807, 2.05) is 30.3 Å². The van der Waals surface area contributed by atoms with Crippen molar-refractivity contribution in [1.82, 2.24) is 0 Å². The zero-order valence-corrected chi connectivity index (χ0v) is 11.8. The predicted octanol–water partition coefficient (Wildman–Crippen LogP) is 4.72. The molecule has 2 atom stereocenters. The van der Waals surface area contributed by atoms with Crippen molar-refractivity contribution in [3.63, 3.8) is 0 Å². The van der Waals surface area contributed by atoms with Crippen LogP contribution >= 0.6 is 0 Å². The van der Waals surface area contributed by atoms with E-state index in [4.69, 9.17) is 0 Å². The number of hydrogen-bond donors (Lipinski definition) is 0. The summed E-state index contributed by atoms with van der Waals surface area (Å²) in [4.78, 5) is 12.7. The fourth-order valence-corrected chi connectivity index (χ4v) is 3.30. The van der Waals surface area contributed by atoms with E-state index in [0.717, 1.165) is 12.0 Å². The molecule has 0 aliphatic heterocycles. The van der Waals surface area contributed by atoms with Crippen LogP contribution in [-0.4, -0.2) is 5.78 Å². The average molecular weight is 244 g/mol. The highest BCUT2D eigenvalue weighted by Crippen LogP contribution is 2.43. The van der Waals surface area contributed by atoms with E-state index in [-0.39, 0.29) is 11.3 Å². The summed E-state index contributed by atoms with van der Waals surface area (Å²) in [5.41, 5.74) is 1.12. The van der Waals surface area contributed by atoms with Gasteiger partial charge < -0.3 is 0 Å². The van der Waals surface area contributed by atoms with E-state index in [9.17, 15) is 4.79 Å². The fourth-order valence-electron chi connectivity index (χ4n) is 3.30. The van der Waals surface area contributed by atoms with Gasteiger partial charge in [0.25, 0.3) is 0 Å². The lowest BCUT2D eigenvalue weighted by atomic mass is 9.64. The second-order valence-corrected chi connectivity index (χ2v) is 6.59. The van der Waals surface area contributed by atoms with Gasteiger partial charge in [0.2, 0.25) is 0 Å². The third-order valence-corrected chi connectivity index (χ3v) is 4.27. The van der Waals surface area contributed by atoms with E-state index >= 15 is 0 Å². The number of hydrogen-bond acceptors (Lipinski definition) is 1. The Balaban J connectivity index is 2.22. The maximum absolute atomic E-state index is 12.7. The van der Waals surface area contributed by atoms with Crippen LogP contribution < -0.4 is 0 Å². The molecule has 98 valence electrons. The van der Waals surface area contributed by atoms with Crippen molar-refractivity contribution in [2.24, 2.45) is 17.3 Å². The minimum atomic E-state index is 0.223. The molecule has 1 saturated carbocycles. The maximum Gasteiger partial charge on any atom is 0.166 e. The summed E-state index contributed by atoms with van der Waals surface area (Å²) in [6.45, 7) is 6.82. The zero-order valence-electron chi connectivity index (χ0n) is 11.8. The Kier molecular flexibility index (Phi) is 3.89. The minimum Gasteiger partial charge on any atom is -0.294 e. The Morgan fingerprint density at radius 1 is 1.06 bits per heavy atom. The molecule has 0 saturated heterocycles. The van der Waals surface area contributed by atoms with Gasteiger partial charge in [-0.2, -0.15) is 0 Å². The fraction of sp³-hybridized carbons (Fsp3) is 0.588. The van der Waals surface area contributed by atoms with Crippen molar-refractivity contribution in [3.05, 3.63) is 35.9 Å². The molecular formula is C17H24O. The molecule has 0 bridgehead atoms. The van der Waals surface area contributed by atoms with Gasteiger partial charge in [-0.15, -0.1) is 0 Å². The van der Waals surface area contributed by atoms with E-state index in [1.165, 1.54) is 19.3 Å². The van der Waals surface area contributed by atoms with Crippen LogP contribution in [-0.2, 0) is 0 Å². The predicted molar refractivity (Wildman–Crippen MR) is 75.7 cm³/mol. The molecule has 0 heterocycles. The van der Waals surface area contributed by atoms with Gasteiger partial charge in [-0.1, -0.05) is 63.9 Å². The quantitative estimate of drug-likeness (QED) is 0.688. The molecule has 1 aromatic carbocycles. The molecule has 0 radical (unpaired) electrons. The molecule has 1 heteroatoms. The number of benzene rings is 1. The summed E-state index contributed by atoms with van der Waals surface area (Å²) in [6, 6.07) is 9.80. The van der Waals surface area contributed by atoms with Gasteiger partial charge in [-0.25, -0.2) is 0 Å². The molecule has 1 aliphatic carbocycles. The molecule has 18 heavy (non-hydrogen) atoms. The SMILES string of the molecule is CC(C)(C)[C@H]1CCCC[C@@H]1C(=O)c1ccccc1. The van der Waals surface area contributed by atoms with Gasteiger partial charge in [-0.3, -0.25) is 4.79 Å². The Hall–Kier alpha value is -1.11. The maximum atomic E-state index is 12.7. The summed E-state index contributed by atoms with van der Waals surface area (Å²) in [6.07, 6.45) is 4.75. The standard InChI is InChI=1S/C17H24O/c1-17(2,3)15-12-8-7-11-14(15)16(18)13-9-5-4-6-10-13/h4-6,9-10,14-15H,7-8,11-12H2,1-3H3/t14-,15-/m0/s1. The monoisotopic (exact) mass is 244 g/mol. The number of carbonyl (C=O) groups excluding carboxylic acids is 1. The summed E-state index contributed by atoms with van der Waals surface area (Å²) in [5.74, 6) is 1.11. The molecule has 0 N–H and O–H groups in total. The first-order valence-electron chi connectivity index (χ1n) is 7.09. The first-order valence-corrected chi connectivity index (χ1v) is 7.09. The lowest BCUT2D eigenvalue weighted by Gasteiger charge is -2.39. The lowest BCUT2D eigenvalue weighted by Crippen LogP contribution is -2.35. The average Bonchev–Trinajstić information content (AvgIpc) is 2.38. The molecule has 0 unspecified atom stereocenters. The number of carbonyl (C=O) groups is 1. The lowest BCUT2D eigenvalue weighted by molar-refractivity contribution is 0.0651. The van der Waals surface area contributed by atoms with Gasteiger partial charge in [0, 0.05) is 11.5 Å². The van der Waals surface area contributed by atoms with Crippen molar-refractivity contribution in [1.29, 1.82) is 0 Å². The Morgan fingerprint density at radius 3 is 2.28 bits per heavy atom. The van der Waals surface area contributed by atoms with E-state index in [2.05, 4.69) is 20.8 Å². The minimum absolute atomic E-state index is 0.223. The normalized spacial score (nSPS) is 24.8. The molecule has 0 amide bonds. The molecule has 1 aromatic rings. The van der Waals surface area contributed by atoms with Crippen LogP contribution in [0.3, 0.4) is 0 Å². The third-order valence-electron chi connectivity index (χ3n) is 4.27. The summed E-state index contributed by atoms with van der Waals surface area (Å²) in [7, 11) is 0. The van der Waals surface area contributed by atoms with Gasteiger partial charge in [0.05, 0.1) is 0 Å². The van der Waals surface area contributed by atoms with Crippen LogP contribution in [0.5, 0.6) is 0 Å². The van der Waals surface area contributed by atoms with E-state index in [0.29, 0.717) is 11.7 Å². The van der Waals surface area contributed by atoms with Crippen molar-refractivity contribution in [3.8, 4) is 0 Å². The Labute approximate surface area is 111 Å². The highest BCUT2D eigenvalue weighted by Gasteiger charge is 2.38. The number of ketones is 1. The summed E-state index contributed by atoms with van der Waals surface area (Å²) < 4.78 is 0. The molecule has 1 aliphatic rings. The smallest absolute Gasteiger partial charge is 0.166 e. The molecule has 2 rings (SSSR count). The molecule has 1 nitrogen and oxygen atoms in total. The van der Waals surface area contributed by atoms with Crippen molar-refractivity contribution in [2.45, 2.75) is 46.5 Å². The largest absolute Gasteiger partial charge is 0.294 e. The van der Waals surface area contributed by atoms with Gasteiger partial charge >= 0.3 is 0 Å². The molecule has 0 aromatic heterocycles. The van der Waals surface area contributed by atoms with Gasteiger partial charge in [0.15, 0.2) is 5.78 Å². The molecular weight excluding hydrogens is 220 g/mol. The van der Waals surface area contributed by atoms with Crippen LogP contribution in [0.4, 0.5) is 0 Å². The topological polar surface area (TPSA) is 17.1 Å². The highest BCUT2D eigenvalue weighted by atomic mass is 16.1. The van der Waals surface area contributed by atoms with Crippen LogP contribution in [0.2, 0.25) is 0 Å². The molecule has 0 spiro atoms. The molecule has 1 fully saturated rings. The van der Waals surface area contributed by atoms with E-state index in [1.54, 1.807) is 0 Å². The van der Waals surface area contributed by atoms with Gasteiger partial charge in [0.1, 0.15) is 0 Å². The van der Waals surface area contributed by atoms with Crippen molar-refractivity contribution >= 4 is 5.78 Å². The van der Waals surface area contributed by atoms with E-state index < -0.39 is 0 Å². The van der Waals surface area contributed by atoms with Crippen molar-refractivity contribution in [2.75, 3.05) is 0 Å². The number of rotatable bonds is 2. The second-order valence-electron chi connectivity index (χ2n) is 6.59. The van der Waals surface area contributed by atoms with Crippen LogP contribution in [0.15, 0.2) is 30.3 Å². The van der Waals surface area contributed by atoms with Crippen LogP contribution in [0.25, 0.3) is 0 Å². The Bertz CT molecular complexity index is 399. The van der Waals surface area contributed by atoms with Gasteiger partial charge in [-0.05, 0) is 24.2 Å². The summed E-state index contributed by atoms with van der Waals surface area (Å²) >= 11 is 0. The van der Waals surface area contributed by atoms with Crippen LogP contribution in [0.1, 0.15) is 56.8 Å². The highest BCUT2D eigenvalue weighted by molar-refractivity contribution is 5.98. The first-order chi connectivity index (χ1) is 8.50. The summed E-state index contributed by atoms with van der Waals surface area (Å²) in [5, 5.41) is 0. The van der Waals surface area contributed by atoms with Crippen molar-refractivity contribution < 1.29 is 4.79 Å². The Morgan fingerprint density at radius 2 is 1.67 bits per heavy atom. The second kappa shape index (κ2) is 5.26. The zero-order chi connectivity index (χ0) is 13.2. The third kappa shape index (κ3) is 2.82.